The number of halogens is 6. The first kappa shape index (κ1) is 26.0. The summed E-state index contributed by atoms with van der Waals surface area (Å²) in [5.74, 6) is -0.956. The molecule has 1 aliphatic rings. The lowest BCUT2D eigenvalue weighted by atomic mass is 9.87. The Balaban J connectivity index is 2.21. The van der Waals surface area contributed by atoms with E-state index in [1.807, 2.05) is 0 Å². The average molecular weight is 513 g/mol. The van der Waals surface area contributed by atoms with Crippen molar-refractivity contribution in [1.82, 2.24) is 10.4 Å². The fraction of sp³-hybridized carbons (Fsp3) is 0.350. The molecule has 0 bridgehead atoms. The summed E-state index contributed by atoms with van der Waals surface area (Å²) in [4.78, 5) is 27.8. The Hall–Kier alpha value is -2.23. The van der Waals surface area contributed by atoms with Crippen LogP contribution >= 0.6 is 34.8 Å². The van der Waals surface area contributed by atoms with E-state index in [1.54, 1.807) is 0 Å². The number of nitrogens with zero attached hydrogens (tertiary/aromatic N) is 2. The van der Waals surface area contributed by atoms with Crippen molar-refractivity contribution >= 4 is 52.3 Å². The second-order valence-electron chi connectivity index (χ2n) is 6.97. The maximum atomic E-state index is 14.0. The Labute approximate surface area is 197 Å². The lowest BCUT2D eigenvalue weighted by Gasteiger charge is -2.29. The molecule has 174 valence electrons. The van der Waals surface area contributed by atoms with Gasteiger partial charge in [0.25, 0.3) is 5.60 Å². The van der Waals surface area contributed by atoms with Crippen LogP contribution in [0.25, 0.3) is 0 Å². The first-order valence-corrected chi connectivity index (χ1v) is 10.3. The predicted molar refractivity (Wildman–Crippen MR) is 116 cm³/mol. The second kappa shape index (κ2) is 10.1. The number of carbonyl (C=O) groups is 2. The number of oxime groups is 1. The minimum absolute atomic E-state index is 0.00413. The summed E-state index contributed by atoms with van der Waals surface area (Å²) in [6.07, 6.45) is -2.50. The molecule has 1 unspecified atom stereocenters. The highest BCUT2D eigenvalue weighted by atomic mass is 35.5. The topological polar surface area (TPSA) is 71.0 Å². The van der Waals surface area contributed by atoms with Gasteiger partial charge in [0.05, 0.1) is 16.4 Å². The molecule has 12 heteroatoms. The molecule has 1 aromatic carbocycles. The molecular formula is C20H19Cl3F3N3O3. The molecule has 1 aromatic rings. The number of carbonyl (C=O) groups excluding carboxylic acids is 2. The van der Waals surface area contributed by atoms with E-state index in [0.29, 0.717) is 0 Å². The molecule has 6 nitrogen and oxygen atoms in total. The minimum atomic E-state index is -4.79. The zero-order valence-electron chi connectivity index (χ0n) is 17.2. The van der Waals surface area contributed by atoms with Crippen LogP contribution < -0.4 is 5.43 Å². The van der Waals surface area contributed by atoms with Gasteiger partial charge in [-0.15, -0.1) is 0 Å². The van der Waals surface area contributed by atoms with E-state index in [1.165, 1.54) is 39.0 Å². The maximum absolute atomic E-state index is 14.0. The first-order chi connectivity index (χ1) is 14.8. The van der Waals surface area contributed by atoms with Gasteiger partial charge >= 0.3 is 6.18 Å². The smallest absolute Gasteiger partial charge is 0.374 e. The van der Waals surface area contributed by atoms with Gasteiger partial charge in [0.15, 0.2) is 0 Å². The van der Waals surface area contributed by atoms with Gasteiger partial charge in [-0.05, 0) is 31.2 Å². The van der Waals surface area contributed by atoms with E-state index in [9.17, 15) is 22.8 Å². The number of allylic oxidation sites excluding steroid dienone is 4. The van der Waals surface area contributed by atoms with Crippen LogP contribution in [-0.2, 0) is 20.0 Å². The van der Waals surface area contributed by atoms with Crippen molar-refractivity contribution in [3.63, 3.8) is 0 Å². The largest absolute Gasteiger partial charge is 0.435 e. The van der Waals surface area contributed by atoms with Crippen LogP contribution in [0.3, 0.4) is 0 Å². The van der Waals surface area contributed by atoms with Gasteiger partial charge in [-0.25, -0.2) is 5.01 Å². The van der Waals surface area contributed by atoms with Crippen LogP contribution in [-0.4, -0.2) is 28.7 Å². The molecule has 32 heavy (non-hydrogen) atoms. The number of alkyl halides is 3. The van der Waals surface area contributed by atoms with Crippen LogP contribution in [0.4, 0.5) is 13.2 Å². The third-order valence-corrected chi connectivity index (χ3v) is 5.29. The Morgan fingerprint density at radius 2 is 1.81 bits per heavy atom. The normalized spacial score (nSPS) is 19.3. The van der Waals surface area contributed by atoms with Crippen LogP contribution in [0.5, 0.6) is 0 Å². The highest BCUT2D eigenvalue weighted by Crippen LogP contribution is 2.49. The fourth-order valence-electron chi connectivity index (χ4n) is 2.94. The van der Waals surface area contributed by atoms with Gasteiger partial charge < -0.3 is 4.84 Å². The number of hydrazine groups is 1. The van der Waals surface area contributed by atoms with Gasteiger partial charge in [0, 0.05) is 42.3 Å². The maximum Gasteiger partial charge on any atom is 0.435 e. The highest BCUT2D eigenvalue weighted by Gasteiger charge is 2.62. The third-order valence-electron chi connectivity index (χ3n) is 4.45. The number of rotatable bonds is 5. The van der Waals surface area contributed by atoms with Crippen LogP contribution in [0.15, 0.2) is 46.2 Å². The van der Waals surface area contributed by atoms with E-state index < -0.39 is 30.0 Å². The summed E-state index contributed by atoms with van der Waals surface area (Å²) in [5, 5.41) is 4.74. The molecule has 1 heterocycles. The van der Waals surface area contributed by atoms with Gasteiger partial charge in [0.2, 0.25) is 11.8 Å². The Bertz CT molecular complexity index is 989. The zero-order chi connectivity index (χ0) is 24.3. The van der Waals surface area contributed by atoms with E-state index in [0.717, 1.165) is 17.1 Å². The molecule has 0 radical (unpaired) electrons. The third kappa shape index (κ3) is 5.96. The van der Waals surface area contributed by atoms with Crippen molar-refractivity contribution in [3.05, 3.63) is 56.7 Å². The molecule has 0 aliphatic carbocycles. The molecule has 0 saturated carbocycles. The van der Waals surface area contributed by atoms with Crippen molar-refractivity contribution in [1.29, 1.82) is 0 Å². The molecule has 1 N–H and O–H groups in total. The molecule has 0 aromatic heterocycles. The monoisotopic (exact) mass is 511 g/mol. The van der Waals surface area contributed by atoms with E-state index in [-0.39, 0.29) is 38.5 Å². The SMILES string of the molecule is CC(=O)NN(C(C)=O)/C(C)=C(Cl)/C=C\CC1=NOC(c2cc(Cl)cc(Cl)c2)(C(F)(F)F)C1. The van der Waals surface area contributed by atoms with Crippen molar-refractivity contribution in [2.45, 2.75) is 45.4 Å². The average Bonchev–Trinajstić information content (AvgIpc) is 3.10. The Morgan fingerprint density at radius 3 is 2.31 bits per heavy atom. The Kier molecular flexibility index (Phi) is 8.25. The van der Waals surface area contributed by atoms with E-state index in [2.05, 4.69) is 10.6 Å². The highest BCUT2D eigenvalue weighted by molar-refractivity contribution is 6.34. The molecule has 0 fully saturated rings. The predicted octanol–water partition coefficient (Wildman–Crippen LogP) is 5.84. The molecule has 0 spiro atoms. The Morgan fingerprint density at radius 1 is 1.22 bits per heavy atom. The van der Waals surface area contributed by atoms with E-state index in [4.69, 9.17) is 39.6 Å². The van der Waals surface area contributed by atoms with Gasteiger partial charge in [-0.1, -0.05) is 46.0 Å². The zero-order valence-corrected chi connectivity index (χ0v) is 19.5. The number of hydrogen-bond donors (Lipinski definition) is 1. The fourth-order valence-corrected chi connectivity index (χ4v) is 3.64. The van der Waals surface area contributed by atoms with Gasteiger partial charge in [-0.2, -0.15) is 13.2 Å². The van der Waals surface area contributed by atoms with Crippen molar-refractivity contribution in [2.24, 2.45) is 5.16 Å². The molecule has 0 saturated heterocycles. The molecule has 1 aliphatic heterocycles. The lowest BCUT2D eigenvalue weighted by Crippen LogP contribution is -2.43. The van der Waals surface area contributed by atoms with Crippen LogP contribution in [0, 0.1) is 0 Å². The first-order valence-electron chi connectivity index (χ1n) is 9.15. The quantitative estimate of drug-likeness (QED) is 0.398. The number of amides is 2. The molecule has 2 rings (SSSR count). The molecule has 1 atom stereocenters. The summed E-state index contributed by atoms with van der Waals surface area (Å²) in [5.41, 5.74) is -0.302. The lowest BCUT2D eigenvalue weighted by molar-refractivity contribution is -0.275. The molecular weight excluding hydrogens is 494 g/mol. The van der Waals surface area contributed by atoms with Gasteiger partial charge in [0.1, 0.15) is 0 Å². The van der Waals surface area contributed by atoms with Crippen molar-refractivity contribution in [2.75, 3.05) is 0 Å². The number of benzene rings is 1. The molecule has 2 amide bonds. The van der Waals surface area contributed by atoms with E-state index >= 15 is 0 Å². The van der Waals surface area contributed by atoms with Gasteiger partial charge in [-0.3, -0.25) is 15.0 Å². The minimum Gasteiger partial charge on any atom is -0.374 e. The summed E-state index contributed by atoms with van der Waals surface area (Å²) in [7, 11) is 0. The summed E-state index contributed by atoms with van der Waals surface area (Å²) in [6, 6.07) is 3.59. The van der Waals surface area contributed by atoms with Crippen molar-refractivity contribution in [3.8, 4) is 0 Å². The number of nitrogens with one attached hydrogen (secondary N) is 1. The summed E-state index contributed by atoms with van der Waals surface area (Å²) >= 11 is 17.9. The second-order valence-corrected chi connectivity index (χ2v) is 8.25. The van der Waals surface area contributed by atoms with Crippen LogP contribution in [0.2, 0.25) is 10.0 Å². The number of hydrogen-bond acceptors (Lipinski definition) is 4. The summed E-state index contributed by atoms with van der Waals surface area (Å²) < 4.78 is 41.9. The van der Waals surface area contributed by atoms with Crippen LogP contribution in [0.1, 0.15) is 39.2 Å². The van der Waals surface area contributed by atoms with Crippen molar-refractivity contribution < 1.29 is 27.6 Å². The standard InChI is InChI=1S/C20H19Cl3F3N3O3/c1-11(29(13(3)31)27-12(2)30)18(23)6-4-5-17-10-19(32-28-17,20(24,25)26)14-7-15(21)9-16(22)8-14/h4,6-9H,5,10H2,1-3H3,(H,27,30)/b6-4-,18-11-. The summed E-state index contributed by atoms with van der Waals surface area (Å²) in [6.45, 7) is 3.96.